The van der Waals surface area contributed by atoms with Crippen molar-refractivity contribution in [1.29, 1.82) is 0 Å². The normalized spacial score (nSPS) is 21.2. The molecule has 2 aliphatic rings. The van der Waals surface area contributed by atoms with E-state index in [1.807, 2.05) is 18.7 Å². The van der Waals surface area contributed by atoms with Crippen LogP contribution in [0, 0.1) is 13.8 Å². The van der Waals surface area contributed by atoms with Gasteiger partial charge in [0.1, 0.15) is 0 Å². The number of aromatic nitrogens is 4. The number of H-pyrrole nitrogens is 1. The van der Waals surface area contributed by atoms with Gasteiger partial charge in [-0.1, -0.05) is 5.16 Å². The molecule has 3 heterocycles. The van der Waals surface area contributed by atoms with Crippen LogP contribution < -0.4 is 0 Å². The average molecular weight is 329 g/mol. The molecule has 24 heavy (non-hydrogen) atoms. The predicted molar refractivity (Wildman–Crippen MR) is 86.3 cm³/mol. The highest BCUT2D eigenvalue weighted by Crippen LogP contribution is 2.40. The summed E-state index contributed by atoms with van der Waals surface area (Å²) in [6.07, 6.45) is 5.66. The standard InChI is InChI=1S/C17H23N5O2/c1-10-13(11(2)20-19-10)9-15(23)22-8-4-3-5-14(22)16-18-17(24-21-16)12-6-7-12/h12,14H,3-9H2,1-2H3,(H,19,20). The number of amides is 1. The first-order valence-electron chi connectivity index (χ1n) is 8.77. The predicted octanol–water partition coefficient (Wildman–Crippen LogP) is 2.58. The van der Waals surface area contributed by atoms with Gasteiger partial charge in [0.15, 0.2) is 5.82 Å². The van der Waals surface area contributed by atoms with Crippen LogP contribution in [0.2, 0.25) is 0 Å². The van der Waals surface area contributed by atoms with Gasteiger partial charge in [-0.15, -0.1) is 0 Å². The number of hydrogen-bond donors (Lipinski definition) is 1. The molecular formula is C17H23N5O2. The molecule has 7 nitrogen and oxygen atoms in total. The Hall–Kier alpha value is -2.18. The number of carbonyl (C=O) groups is 1. The summed E-state index contributed by atoms with van der Waals surface area (Å²) in [6.45, 7) is 4.64. The number of nitrogens with zero attached hydrogens (tertiary/aromatic N) is 4. The Morgan fingerprint density at radius 2 is 2.12 bits per heavy atom. The lowest BCUT2D eigenvalue weighted by Gasteiger charge is -2.34. The molecule has 7 heteroatoms. The van der Waals surface area contributed by atoms with Gasteiger partial charge in [-0.25, -0.2) is 0 Å². The second-order valence-electron chi connectivity index (χ2n) is 6.95. The molecule has 2 aromatic heterocycles. The van der Waals surface area contributed by atoms with Crippen molar-refractivity contribution in [3.05, 3.63) is 28.7 Å². The van der Waals surface area contributed by atoms with Crippen molar-refractivity contribution in [2.24, 2.45) is 0 Å². The quantitative estimate of drug-likeness (QED) is 0.931. The molecule has 0 spiro atoms. The van der Waals surface area contributed by atoms with Crippen molar-refractivity contribution < 1.29 is 9.32 Å². The van der Waals surface area contributed by atoms with Crippen molar-refractivity contribution in [2.75, 3.05) is 6.54 Å². The number of nitrogens with one attached hydrogen (secondary N) is 1. The van der Waals surface area contributed by atoms with Gasteiger partial charge >= 0.3 is 0 Å². The summed E-state index contributed by atoms with van der Waals surface area (Å²) in [7, 11) is 0. The molecule has 1 aliphatic carbocycles. The zero-order valence-corrected chi connectivity index (χ0v) is 14.2. The van der Waals surface area contributed by atoms with Gasteiger partial charge in [0, 0.05) is 23.7 Å². The Kier molecular flexibility index (Phi) is 3.86. The van der Waals surface area contributed by atoms with Crippen LogP contribution >= 0.6 is 0 Å². The Balaban J connectivity index is 1.53. The van der Waals surface area contributed by atoms with E-state index in [9.17, 15) is 4.79 Å². The number of likely N-dealkylation sites (tertiary alicyclic amines) is 1. The van der Waals surface area contributed by atoms with Crippen LogP contribution in [0.1, 0.15) is 72.7 Å². The molecule has 2 aromatic rings. The van der Waals surface area contributed by atoms with Crippen LogP contribution in [-0.4, -0.2) is 37.7 Å². The zero-order valence-electron chi connectivity index (χ0n) is 14.2. The molecule has 1 aliphatic heterocycles. The van der Waals surface area contributed by atoms with Gasteiger partial charge in [0.2, 0.25) is 11.8 Å². The van der Waals surface area contributed by atoms with Crippen molar-refractivity contribution in [3.8, 4) is 0 Å². The second kappa shape index (κ2) is 6.03. The minimum absolute atomic E-state index is 0.0602. The van der Waals surface area contributed by atoms with Crippen molar-refractivity contribution in [1.82, 2.24) is 25.2 Å². The van der Waals surface area contributed by atoms with Crippen LogP contribution in [0.25, 0.3) is 0 Å². The van der Waals surface area contributed by atoms with Crippen LogP contribution in [0.4, 0.5) is 0 Å². The van der Waals surface area contributed by atoms with Gasteiger partial charge in [0.25, 0.3) is 0 Å². The molecule has 2 fully saturated rings. The minimum Gasteiger partial charge on any atom is -0.339 e. The molecule has 0 aromatic carbocycles. The Morgan fingerprint density at radius 3 is 2.83 bits per heavy atom. The molecule has 4 rings (SSSR count). The van der Waals surface area contributed by atoms with E-state index >= 15 is 0 Å². The molecule has 1 N–H and O–H groups in total. The summed E-state index contributed by atoms with van der Waals surface area (Å²) >= 11 is 0. The van der Waals surface area contributed by atoms with Crippen molar-refractivity contribution in [2.45, 2.75) is 64.3 Å². The molecule has 1 atom stereocenters. The maximum absolute atomic E-state index is 12.9. The van der Waals surface area contributed by atoms with E-state index < -0.39 is 0 Å². The molecular weight excluding hydrogens is 306 g/mol. The van der Waals surface area contributed by atoms with Crippen molar-refractivity contribution >= 4 is 5.91 Å². The highest BCUT2D eigenvalue weighted by atomic mass is 16.5. The SMILES string of the molecule is Cc1n[nH]c(C)c1CC(=O)N1CCCCC1c1noc(C2CC2)n1. The maximum atomic E-state index is 12.9. The van der Waals surface area contributed by atoms with Gasteiger partial charge < -0.3 is 9.42 Å². The van der Waals surface area contributed by atoms with E-state index in [-0.39, 0.29) is 11.9 Å². The fourth-order valence-corrected chi connectivity index (χ4v) is 3.46. The average Bonchev–Trinajstić information content (AvgIpc) is 3.25. The van der Waals surface area contributed by atoms with Gasteiger partial charge in [-0.2, -0.15) is 10.1 Å². The van der Waals surface area contributed by atoms with E-state index in [0.29, 0.717) is 18.2 Å². The van der Waals surface area contributed by atoms with Crippen molar-refractivity contribution in [3.63, 3.8) is 0 Å². The summed E-state index contributed by atoms with van der Waals surface area (Å²) in [6, 6.07) is -0.0602. The number of aromatic amines is 1. The smallest absolute Gasteiger partial charge is 0.229 e. The fraction of sp³-hybridized carbons (Fsp3) is 0.647. The van der Waals surface area contributed by atoms with E-state index in [1.165, 1.54) is 0 Å². The first kappa shape index (κ1) is 15.4. The van der Waals surface area contributed by atoms with E-state index in [4.69, 9.17) is 4.52 Å². The third-order valence-corrected chi connectivity index (χ3v) is 5.11. The lowest BCUT2D eigenvalue weighted by Crippen LogP contribution is -2.40. The summed E-state index contributed by atoms with van der Waals surface area (Å²) in [4.78, 5) is 19.4. The largest absolute Gasteiger partial charge is 0.339 e. The summed E-state index contributed by atoms with van der Waals surface area (Å²) < 4.78 is 5.40. The van der Waals surface area contributed by atoms with E-state index in [0.717, 1.165) is 61.5 Å². The molecule has 0 bridgehead atoms. The monoisotopic (exact) mass is 329 g/mol. The third kappa shape index (κ3) is 2.83. The number of carbonyl (C=O) groups excluding carboxylic acids is 1. The van der Waals surface area contributed by atoms with Gasteiger partial charge in [-0.3, -0.25) is 9.89 Å². The van der Waals surface area contributed by atoms with Crippen LogP contribution in [0.15, 0.2) is 4.52 Å². The summed E-state index contributed by atoms with van der Waals surface area (Å²) in [5, 5.41) is 11.3. The Bertz CT molecular complexity index is 726. The molecule has 0 radical (unpaired) electrons. The van der Waals surface area contributed by atoms with Crippen LogP contribution in [0.5, 0.6) is 0 Å². The number of piperidine rings is 1. The topological polar surface area (TPSA) is 87.9 Å². The highest BCUT2D eigenvalue weighted by Gasteiger charge is 2.35. The molecule has 1 saturated heterocycles. The minimum atomic E-state index is -0.0602. The Labute approximate surface area is 140 Å². The molecule has 1 amide bonds. The first-order valence-corrected chi connectivity index (χ1v) is 8.77. The lowest BCUT2D eigenvalue weighted by atomic mass is 10.00. The third-order valence-electron chi connectivity index (χ3n) is 5.11. The number of rotatable bonds is 4. The van der Waals surface area contributed by atoms with Gasteiger partial charge in [-0.05, 0) is 46.0 Å². The zero-order chi connectivity index (χ0) is 16.7. The summed E-state index contributed by atoms with van der Waals surface area (Å²) in [5.74, 6) is 1.97. The fourth-order valence-electron chi connectivity index (χ4n) is 3.46. The number of aryl methyl sites for hydroxylation is 2. The molecule has 1 saturated carbocycles. The van der Waals surface area contributed by atoms with Crippen LogP contribution in [0.3, 0.4) is 0 Å². The maximum Gasteiger partial charge on any atom is 0.229 e. The Morgan fingerprint density at radius 1 is 1.29 bits per heavy atom. The van der Waals surface area contributed by atoms with Crippen LogP contribution in [-0.2, 0) is 11.2 Å². The first-order chi connectivity index (χ1) is 11.6. The summed E-state index contributed by atoms with van der Waals surface area (Å²) in [5.41, 5.74) is 2.85. The van der Waals surface area contributed by atoms with Gasteiger partial charge in [0.05, 0.1) is 18.2 Å². The molecule has 128 valence electrons. The molecule has 1 unspecified atom stereocenters. The van der Waals surface area contributed by atoms with E-state index in [2.05, 4.69) is 20.3 Å². The van der Waals surface area contributed by atoms with E-state index in [1.54, 1.807) is 0 Å². The number of hydrogen-bond acceptors (Lipinski definition) is 5. The second-order valence-corrected chi connectivity index (χ2v) is 6.95. The highest BCUT2D eigenvalue weighted by molar-refractivity contribution is 5.79. The lowest BCUT2D eigenvalue weighted by molar-refractivity contribution is -0.134.